The molecule has 0 bridgehead atoms. The number of carbonyl (C=O) groups is 3. The lowest BCUT2D eigenvalue weighted by atomic mass is 9.87. The van der Waals surface area contributed by atoms with Crippen molar-refractivity contribution in [2.24, 2.45) is 5.41 Å². The summed E-state index contributed by atoms with van der Waals surface area (Å²) in [6.45, 7) is 2.43. The summed E-state index contributed by atoms with van der Waals surface area (Å²) in [5.41, 5.74) is 4.26. The largest absolute Gasteiger partial charge is 0.481 e. The molecule has 1 saturated heterocycles. The molecule has 7 atom stereocenters. The van der Waals surface area contributed by atoms with Crippen LogP contribution in [0.3, 0.4) is 0 Å². The number of thioether (sulfide) groups is 1. The second kappa shape index (κ2) is 22.0. The maximum Gasteiger partial charge on any atom is 0.481 e. The number of fused-ring (bicyclic) bond motifs is 1. The van der Waals surface area contributed by atoms with Gasteiger partial charge in [-0.15, -0.1) is 0 Å². The smallest absolute Gasteiger partial charge is 0.386 e. The number of hydrogen-bond acceptors (Lipinski definition) is 18. The molecule has 3 rings (SSSR count). The fourth-order valence-corrected chi connectivity index (χ4v) is 8.52. The van der Waals surface area contributed by atoms with Gasteiger partial charge in [0.05, 0.1) is 19.5 Å². The zero-order valence-corrected chi connectivity index (χ0v) is 35.0. The van der Waals surface area contributed by atoms with Gasteiger partial charge in [0.1, 0.15) is 36.3 Å². The van der Waals surface area contributed by atoms with Gasteiger partial charge >= 0.3 is 23.5 Å². The average molecular weight is 904 g/mol. The predicted molar refractivity (Wildman–Crippen MR) is 205 cm³/mol. The third kappa shape index (κ3) is 15.9. The summed E-state index contributed by atoms with van der Waals surface area (Å²) in [5, 5.41) is 26.4. The van der Waals surface area contributed by atoms with Crippen LogP contribution in [0.1, 0.15) is 52.7 Å². The molecule has 1 fully saturated rings. The van der Waals surface area contributed by atoms with E-state index in [9.17, 15) is 57.9 Å². The number of nitrogens with two attached hydrogens (primary N) is 1. The van der Waals surface area contributed by atoms with Crippen molar-refractivity contribution in [3.8, 4) is 0 Å². The molecule has 1 aliphatic rings. The summed E-state index contributed by atoms with van der Waals surface area (Å²) in [6, 6.07) is 0. The van der Waals surface area contributed by atoms with E-state index in [1.807, 2.05) is 31.2 Å². The lowest BCUT2D eigenvalue weighted by Crippen LogP contribution is -2.46. The van der Waals surface area contributed by atoms with Crippen molar-refractivity contribution in [1.29, 1.82) is 0 Å². The number of hydrogen-bond donors (Lipinski definition) is 9. The first kappa shape index (κ1) is 49.4. The normalized spacial score (nSPS) is 21.6. The van der Waals surface area contributed by atoms with Gasteiger partial charge < -0.3 is 50.9 Å². The summed E-state index contributed by atoms with van der Waals surface area (Å²) >= 11 is 1.09. The SMILES string of the molecule is C/C=C/C/C=C/CCC(=O)SCCNC(=O)CCNC(=O)C(O)C(C)(C)COP(=O)(O)OP(=O)(O)OCC1OC(n2cnc3c(N)ncnc32)C(O)C1OP(=O)(O)O. The number of allylic oxidation sites excluding steroid dienone is 4. The van der Waals surface area contributed by atoms with Crippen molar-refractivity contribution in [3.63, 3.8) is 0 Å². The number of phosphoric acid groups is 3. The van der Waals surface area contributed by atoms with E-state index < -0.39 is 84.6 Å². The Hall–Kier alpha value is -2.96. The summed E-state index contributed by atoms with van der Waals surface area (Å²) in [6.07, 6.45) is 2.70. The second-order valence-electron chi connectivity index (χ2n) is 13.1. The summed E-state index contributed by atoms with van der Waals surface area (Å²) in [5.74, 6) is -1.09. The molecule has 0 radical (unpaired) electrons. The molecule has 0 aromatic carbocycles. The topological polar surface area (TPSA) is 364 Å². The van der Waals surface area contributed by atoms with Gasteiger partial charge in [-0.25, -0.2) is 28.6 Å². The van der Waals surface area contributed by atoms with Crippen LogP contribution in [0, 0.1) is 5.41 Å². The van der Waals surface area contributed by atoms with Crippen LogP contribution in [0.5, 0.6) is 0 Å². The highest BCUT2D eigenvalue weighted by Crippen LogP contribution is 2.61. The molecular formula is C30H48N7O17P3S. The van der Waals surface area contributed by atoms with E-state index in [0.29, 0.717) is 18.6 Å². The monoisotopic (exact) mass is 903 g/mol. The summed E-state index contributed by atoms with van der Waals surface area (Å²) in [4.78, 5) is 87.6. The van der Waals surface area contributed by atoms with Gasteiger partial charge in [0.2, 0.25) is 11.8 Å². The standard InChI is InChI=1S/C30H48N7O17P3S/c1-4-5-6-7-8-9-10-21(39)58-14-13-32-20(38)11-12-33-28(42)25(41)30(2,3)16-51-57(48,49)54-56(46,47)50-15-19-24(53-55(43,44)45)23(40)29(52-19)37-18-36-22-26(31)34-17-35-27(22)37/h4-5,7-8,17-19,23-25,29,40-41H,6,9-16H2,1-3H3,(H,32,38)(H,33,42)(H,46,47)(H,48,49)(H2,31,34,35)(H2,43,44,45)/b5-4+,8-7+. The number of aliphatic hydroxyl groups excluding tert-OH is 2. The zero-order valence-electron chi connectivity index (χ0n) is 31.5. The summed E-state index contributed by atoms with van der Waals surface area (Å²) in [7, 11) is -16.4. The molecular weight excluding hydrogens is 855 g/mol. The highest BCUT2D eigenvalue weighted by molar-refractivity contribution is 8.13. The van der Waals surface area contributed by atoms with Gasteiger partial charge in [0, 0.05) is 37.1 Å². The van der Waals surface area contributed by atoms with Gasteiger partial charge in [-0.1, -0.05) is 49.9 Å². The number of aliphatic hydroxyl groups is 2. The number of nitrogen functional groups attached to an aromatic ring is 1. The number of anilines is 1. The number of nitrogens with zero attached hydrogens (tertiary/aromatic N) is 4. The van der Waals surface area contributed by atoms with E-state index >= 15 is 0 Å². The molecule has 2 amide bonds. The third-order valence-corrected chi connectivity index (χ3v) is 12.0. The lowest BCUT2D eigenvalue weighted by Gasteiger charge is -2.30. The van der Waals surface area contributed by atoms with E-state index in [-0.39, 0.29) is 41.6 Å². The van der Waals surface area contributed by atoms with Crippen LogP contribution in [-0.2, 0) is 50.7 Å². The Morgan fingerprint density at radius 1 is 1.03 bits per heavy atom. The van der Waals surface area contributed by atoms with Crippen LogP contribution in [0.25, 0.3) is 11.2 Å². The fraction of sp³-hybridized carbons (Fsp3) is 0.600. The van der Waals surface area contributed by atoms with Crippen molar-refractivity contribution in [1.82, 2.24) is 30.2 Å². The quantitative estimate of drug-likeness (QED) is 0.0402. The number of nitrogens with one attached hydrogen (secondary N) is 2. The highest BCUT2D eigenvalue weighted by Gasteiger charge is 2.50. The van der Waals surface area contributed by atoms with Crippen molar-refractivity contribution in [2.45, 2.75) is 77.1 Å². The van der Waals surface area contributed by atoms with Crippen molar-refractivity contribution >= 4 is 69.1 Å². The molecule has 2 aromatic heterocycles. The van der Waals surface area contributed by atoms with Gasteiger partial charge in [0.25, 0.3) is 0 Å². The Kier molecular flexibility index (Phi) is 18.8. The van der Waals surface area contributed by atoms with Crippen molar-refractivity contribution in [3.05, 3.63) is 37.0 Å². The maximum atomic E-state index is 12.7. The molecule has 0 spiro atoms. The van der Waals surface area contributed by atoms with E-state index in [2.05, 4.69) is 34.4 Å². The van der Waals surface area contributed by atoms with Crippen LogP contribution >= 0.6 is 35.2 Å². The molecule has 24 nitrogen and oxygen atoms in total. The number of phosphoric ester groups is 3. The van der Waals surface area contributed by atoms with Gasteiger partial charge in [-0.3, -0.25) is 32.5 Å². The molecule has 0 saturated carbocycles. The number of ether oxygens (including phenoxy) is 1. The Bertz CT molecular complexity index is 1930. The fourth-order valence-electron chi connectivity index (χ4n) is 5.00. The van der Waals surface area contributed by atoms with Crippen LogP contribution in [0.15, 0.2) is 37.0 Å². The third-order valence-electron chi connectivity index (χ3n) is 7.95. The highest BCUT2D eigenvalue weighted by atomic mass is 32.2. The van der Waals surface area contributed by atoms with Gasteiger partial charge in [-0.2, -0.15) is 4.31 Å². The van der Waals surface area contributed by atoms with Crippen molar-refractivity contribution < 1.29 is 80.5 Å². The first-order valence-electron chi connectivity index (χ1n) is 17.4. The number of aromatic nitrogens is 4. The Balaban J connectivity index is 1.44. The lowest BCUT2D eigenvalue weighted by molar-refractivity contribution is -0.137. The zero-order chi connectivity index (χ0) is 43.3. The van der Waals surface area contributed by atoms with E-state index in [1.165, 1.54) is 13.8 Å². The maximum absolute atomic E-state index is 12.7. The first-order valence-corrected chi connectivity index (χ1v) is 22.9. The molecule has 326 valence electrons. The number of imidazole rings is 1. The second-order valence-corrected chi connectivity index (χ2v) is 18.5. The molecule has 10 N–H and O–H groups in total. The number of rotatable bonds is 24. The molecule has 58 heavy (non-hydrogen) atoms. The minimum Gasteiger partial charge on any atom is -0.386 e. The molecule has 0 aliphatic carbocycles. The van der Waals surface area contributed by atoms with E-state index in [1.54, 1.807) is 0 Å². The molecule has 3 heterocycles. The van der Waals surface area contributed by atoms with Crippen LogP contribution in [-0.4, -0.2) is 123 Å². The summed E-state index contributed by atoms with van der Waals surface area (Å²) < 4.78 is 62.1. The Morgan fingerprint density at radius 3 is 2.43 bits per heavy atom. The van der Waals surface area contributed by atoms with Crippen molar-refractivity contribution in [2.75, 3.05) is 37.8 Å². The predicted octanol–water partition coefficient (Wildman–Crippen LogP) is 0.967. The first-order chi connectivity index (χ1) is 27.1. The van der Waals surface area contributed by atoms with Crippen LogP contribution in [0.4, 0.5) is 5.82 Å². The molecule has 7 unspecified atom stereocenters. The van der Waals surface area contributed by atoms with Gasteiger partial charge in [0.15, 0.2) is 22.8 Å². The minimum atomic E-state index is -5.57. The minimum absolute atomic E-state index is 0.0122. The molecule has 1 aliphatic heterocycles. The Morgan fingerprint density at radius 2 is 1.74 bits per heavy atom. The van der Waals surface area contributed by atoms with E-state index in [0.717, 1.165) is 35.4 Å². The Labute approximate surface area is 336 Å². The number of amides is 2. The number of carbonyl (C=O) groups excluding carboxylic acids is 3. The van der Waals surface area contributed by atoms with Gasteiger partial charge in [-0.05, 0) is 19.8 Å². The van der Waals surface area contributed by atoms with Crippen LogP contribution in [0.2, 0.25) is 0 Å². The van der Waals surface area contributed by atoms with E-state index in [4.69, 9.17) is 19.5 Å². The van der Waals surface area contributed by atoms with Crippen LogP contribution < -0.4 is 16.4 Å². The molecule has 28 heteroatoms. The average Bonchev–Trinajstić information content (AvgIpc) is 3.69. The molecule has 2 aromatic rings.